The molecule has 0 aliphatic heterocycles. The molecule has 0 aromatic heterocycles. The fraction of sp³-hybridized carbons (Fsp3) is 0.519. The Bertz CT molecular complexity index is 1300. The molecule has 4 unspecified atom stereocenters. The molecule has 0 aliphatic rings. The first kappa shape index (κ1) is 38.0. The van der Waals surface area contributed by atoms with E-state index in [1.54, 1.807) is 38.3 Å². The van der Waals surface area contributed by atoms with Crippen LogP contribution in [-0.2, 0) is 29.0 Å². The molecule has 0 aliphatic carbocycles. The molecule has 244 valence electrons. The number of carbonyl (C=O) groups is 4. The van der Waals surface area contributed by atoms with Gasteiger partial charge in [0.1, 0.15) is 18.1 Å². The lowest BCUT2D eigenvalue weighted by Gasteiger charge is -2.26. The second-order valence-electron chi connectivity index (χ2n) is 10.2. The molecule has 0 heterocycles. The van der Waals surface area contributed by atoms with Crippen molar-refractivity contribution in [1.29, 1.82) is 0 Å². The zero-order chi connectivity index (χ0) is 33.4. The summed E-state index contributed by atoms with van der Waals surface area (Å²) in [6.45, 7) is 6.79. The fourth-order valence-electron chi connectivity index (χ4n) is 4.04. The average molecular weight is 656 g/mol. The zero-order valence-electron chi connectivity index (χ0n) is 24.9. The Morgan fingerprint density at radius 1 is 1.00 bits per heavy atom. The molecule has 0 radical (unpaired) electrons. The average Bonchev–Trinajstić information content (AvgIpc) is 2.95. The van der Waals surface area contributed by atoms with E-state index in [9.17, 15) is 37.7 Å². The van der Waals surface area contributed by atoms with Gasteiger partial charge in [-0.05, 0) is 43.6 Å². The number of rotatable bonds is 19. The zero-order valence-corrected chi connectivity index (χ0v) is 26.6. The topological polar surface area (TPSA) is 246 Å². The largest absolute Gasteiger partial charge is 0.370 e. The number of guanidine groups is 1. The summed E-state index contributed by atoms with van der Waals surface area (Å²) in [5.41, 5.74) is 10.8. The minimum atomic E-state index is -4.37. The summed E-state index contributed by atoms with van der Waals surface area (Å²) in [5, 5.41) is 18.4. The van der Waals surface area contributed by atoms with Crippen LogP contribution >= 0.6 is 11.8 Å². The normalized spacial score (nSPS) is 13.9. The number of thioether (sulfide) groups is 1. The Hall–Kier alpha value is -3.99. The highest BCUT2D eigenvalue weighted by molar-refractivity contribution is 8.08. The molecule has 0 saturated carbocycles. The molecule has 0 fully saturated rings. The molecule has 17 heteroatoms. The number of hydrogen-bond acceptors (Lipinski definition) is 10. The number of nitrogens with one attached hydrogen (secondary N) is 3. The summed E-state index contributed by atoms with van der Waals surface area (Å²) >= 11 is 1.33. The van der Waals surface area contributed by atoms with Gasteiger partial charge < -0.3 is 27.4 Å². The van der Waals surface area contributed by atoms with E-state index >= 15 is 0 Å². The number of amides is 3. The second-order valence-corrected chi connectivity index (χ2v) is 13.0. The van der Waals surface area contributed by atoms with Gasteiger partial charge in [0.2, 0.25) is 21.7 Å². The van der Waals surface area contributed by atoms with E-state index < -0.39 is 61.8 Å². The van der Waals surface area contributed by atoms with Gasteiger partial charge in [-0.25, -0.2) is 8.42 Å². The lowest BCUT2D eigenvalue weighted by atomic mass is 10.0. The first-order valence-corrected chi connectivity index (χ1v) is 16.6. The Morgan fingerprint density at radius 3 is 2.09 bits per heavy atom. The van der Waals surface area contributed by atoms with E-state index in [2.05, 4.69) is 27.5 Å². The van der Waals surface area contributed by atoms with Gasteiger partial charge in [-0.1, -0.05) is 50.8 Å². The molecule has 44 heavy (non-hydrogen) atoms. The third-order valence-corrected chi connectivity index (χ3v) is 8.13. The molecule has 0 saturated heterocycles. The lowest BCUT2D eigenvalue weighted by molar-refractivity contribution is -0.513. The third-order valence-electron chi connectivity index (χ3n) is 6.20. The molecule has 3 amide bonds. The van der Waals surface area contributed by atoms with Crippen molar-refractivity contribution < 1.29 is 32.5 Å². The molecule has 1 rings (SSSR count). The van der Waals surface area contributed by atoms with E-state index in [4.69, 9.17) is 11.5 Å². The van der Waals surface area contributed by atoms with Crippen LogP contribution in [0.1, 0.15) is 51.1 Å². The summed E-state index contributed by atoms with van der Waals surface area (Å²) < 4.78 is 24.4. The Morgan fingerprint density at radius 2 is 1.57 bits per heavy atom. The number of nitro groups is 1. The van der Waals surface area contributed by atoms with E-state index in [0.717, 1.165) is 0 Å². The molecule has 15 nitrogen and oxygen atoms in total. The number of hydrogen-bond donors (Lipinski definition) is 5. The Kier molecular flexibility index (Phi) is 16.1. The lowest BCUT2D eigenvalue weighted by Crippen LogP contribution is -2.57. The molecule has 4 atom stereocenters. The molecule has 1 aromatic carbocycles. The number of sulfone groups is 1. The monoisotopic (exact) mass is 655 g/mol. The Balaban J connectivity index is 3.30. The molecule has 1 aromatic rings. The maximum Gasteiger partial charge on any atom is 0.314 e. The van der Waals surface area contributed by atoms with E-state index in [-0.39, 0.29) is 49.7 Å². The van der Waals surface area contributed by atoms with Crippen LogP contribution in [-0.4, -0.2) is 78.8 Å². The standard InChI is InChI=1S/C27H41N7O8S2/c1-5-44(41,42)26(38)20(13-15-43-4)32-23(35)19(12-9-14-30-27(28)29)31-24(36)21(16-17(2)3)33-25(37)22(34(39)40)18-10-7-6-8-11-18/h5-8,10-11,17,19-22H,1,9,12-16H2,2-4H3,(H,31,36)(H,32,35)(H,33,37)(H4,28,29,30). The minimum Gasteiger partial charge on any atom is -0.370 e. The number of nitrogens with two attached hydrogens (primary N) is 2. The predicted molar refractivity (Wildman–Crippen MR) is 168 cm³/mol. The van der Waals surface area contributed by atoms with E-state index in [0.29, 0.717) is 11.2 Å². The summed E-state index contributed by atoms with van der Waals surface area (Å²) in [6.07, 6.45) is 1.97. The van der Waals surface area contributed by atoms with Crippen molar-refractivity contribution >= 4 is 50.4 Å². The van der Waals surface area contributed by atoms with Crippen LogP contribution in [0.15, 0.2) is 47.3 Å². The number of nitrogens with zero attached hydrogens (tertiary/aromatic N) is 2. The fourth-order valence-corrected chi connectivity index (χ4v) is 5.25. The summed E-state index contributed by atoms with van der Waals surface area (Å²) in [4.78, 5) is 67.5. The highest BCUT2D eigenvalue weighted by atomic mass is 32.2. The molecule has 0 spiro atoms. The van der Waals surface area contributed by atoms with Crippen molar-refractivity contribution in [3.05, 3.63) is 58.0 Å². The second kappa shape index (κ2) is 18.6. The van der Waals surface area contributed by atoms with Crippen LogP contribution in [0.5, 0.6) is 0 Å². The van der Waals surface area contributed by atoms with Gasteiger partial charge in [-0.3, -0.25) is 34.3 Å². The SMILES string of the molecule is C=CS(=O)(=O)C(=O)C(CCSC)NC(=O)C(CCCN=C(N)N)NC(=O)C(CC(C)C)NC(=O)C(c1ccccc1)[N+](=O)[O-]. The predicted octanol–water partition coefficient (Wildman–Crippen LogP) is 0.397. The van der Waals surface area contributed by atoms with Gasteiger partial charge in [0.25, 0.3) is 11.0 Å². The maximum atomic E-state index is 13.5. The van der Waals surface area contributed by atoms with Crippen LogP contribution < -0.4 is 27.4 Å². The highest BCUT2D eigenvalue weighted by Gasteiger charge is 2.36. The van der Waals surface area contributed by atoms with Crippen LogP contribution in [0.3, 0.4) is 0 Å². The van der Waals surface area contributed by atoms with Gasteiger partial charge in [0.15, 0.2) is 5.96 Å². The van der Waals surface area contributed by atoms with Crippen LogP contribution in [0, 0.1) is 16.0 Å². The first-order chi connectivity index (χ1) is 20.6. The van der Waals surface area contributed by atoms with Crippen molar-refractivity contribution in [2.24, 2.45) is 22.4 Å². The smallest absolute Gasteiger partial charge is 0.314 e. The van der Waals surface area contributed by atoms with Gasteiger partial charge in [-0.15, -0.1) is 0 Å². The highest BCUT2D eigenvalue weighted by Crippen LogP contribution is 2.18. The first-order valence-electron chi connectivity index (χ1n) is 13.7. The number of aliphatic imine (C=N–C) groups is 1. The number of carbonyl (C=O) groups excluding carboxylic acids is 4. The molecule has 7 N–H and O–H groups in total. The van der Waals surface area contributed by atoms with Crippen LogP contribution in [0.25, 0.3) is 0 Å². The van der Waals surface area contributed by atoms with Gasteiger partial charge in [0, 0.05) is 22.4 Å². The summed E-state index contributed by atoms with van der Waals surface area (Å²) in [5.74, 6) is -2.69. The maximum absolute atomic E-state index is 13.5. The van der Waals surface area contributed by atoms with Crippen molar-refractivity contribution in [1.82, 2.24) is 16.0 Å². The van der Waals surface area contributed by atoms with E-state index in [1.165, 1.54) is 23.9 Å². The minimum absolute atomic E-state index is 0.0126. The number of benzene rings is 1. The van der Waals surface area contributed by atoms with Crippen molar-refractivity contribution in [2.45, 2.75) is 63.7 Å². The van der Waals surface area contributed by atoms with E-state index in [1.807, 2.05) is 0 Å². The van der Waals surface area contributed by atoms with Gasteiger partial charge in [0.05, 0.1) is 0 Å². The van der Waals surface area contributed by atoms with Crippen LogP contribution in [0.2, 0.25) is 0 Å². The molecular formula is C27H41N7O8S2. The van der Waals surface area contributed by atoms with Gasteiger partial charge in [-0.2, -0.15) is 11.8 Å². The van der Waals surface area contributed by atoms with Crippen molar-refractivity contribution in [2.75, 3.05) is 18.6 Å². The summed E-state index contributed by atoms with van der Waals surface area (Å²) in [6, 6.07) is 1.78. The molecular weight excluding hydrogens is 614 g/mol. The van der Waals surface area contributed by atoms with Gasteiger partial charge >= 0.3 is 6.04 Å². The van der Waals surface area contributed by atoms with Crippen LogP contribution in [0.4, 0.5) is 0 Å². The van der Waals surface area contributed by atoms with Crippen molar-refractivity contribution in [3.8, 4) is 0 Å². The quantitative estimate of drug-likeness (QED) is 0.0449. The Labute approximate surface area is 261 Å². The third kappa shape index (κ3) is 12.7. The molecule has 0 bridgehead atoms. The van der Waals surface area contributed by atoms with Crippen molar-refractivity contribution in [3.63, 3.8) is 0 Å². The summed E-state index contributed by atoms with van der Waals surface area (Å²) in [7, 11) is -4.37.